The molecular weight excluding hydrogens is 342 g/mol. The Morgan fingerprint density at radius 1 is 1.12 bits per heavy atom. The van der Waals surface area contributed by atoms with Crippen LogP contribution in [0.2, 0.25) is 0 Å². The third-order valence-corrected chi connectivity index (χ3v) is 5.99. The van der Waals surface area contributed by atoms with Crippen molar-refractivity contribution >= 4 is 33.2 Å². The highest BCUT2D eigenvalue weighted by molar-refractivity contribution is 7.88. The van der Waals surface area contributed by atoms with Gasteiger partial charge in [-0.25, -0.2) is 8.42 Å². The molecule has 0 aliphatic carbocycles. The monoisotopic (exact) mass is 365 g/mol. The lowest BCUT2D eigenvalue weighted by atomic mass is 10.0. The predicted octanol–water partition coefficient (Wildman–Crippen LogP) is 1.57. The van der Waals surface area contributed by atoms with Crippen molar-refractivity contribution in [3.63, 3.8) is 0 Å². The van der Waals surface area contributed by atoms with E-state index in [1.54, 1.807) is 29.2 Å². The lowest BCUT2D eigenvalue weighted by Crippen LogP contribution is -2.49. The van der Waals surface area contributed by atoms with Gasteiger partial charge >= 0.3 is 0 Å². The van der Waals surface area contributed by atoms with Gasteiger partial charge in [-0.05, 0) is 43.5 Å². The molecule has 2 amide bonds. The highest BCUT2D eigenvalue weighted by Gasteiger charge is 2.34. The quantitative estimate of drug-likeness (QED) is 0.877. The molecule has 0 aromatic heterocycles. The molecule has 2 fully saturated rings. The van der Waals surface area contributed by atoms with Crippen molar-refractivity contribution in [2.45, 2.75) is 38.1 Å². The van der Waals surface area contributed by atoms with E-state index < -0.39 is 16.1 Å². The predicted molar refractivity (Wildman–Crippen MR) is 95.8 cm³/mol. The first-order valence-electron chi connectivity index (χ1n) is 8.54. The average Bonchev–Trinajstić information content (AvgIpc) is 3.01. The summed E-state index contributed by atoms with van der Waals surface area (Å²) < 4.78 is 25.0. The van der Waals surface area contributed by atoms with E-state index in [9.17, 15) is 18.0 Å². The Hall–Kier alpha value is -1.93. The minimum atomic E-state index is -3.41. The van der Waals surface area contributed by atoms with Gasteiger partial charge in [-0.15, -0.1) is 0 Å². The highest BCUT2D eigenvalue weighted by Crippen LogP contribution is 2.24. The van der Waals surface area contributed by atoms with Crippen LogP contribution in [0, 0.1) is 0 Å². The SMILES string of the molecule is CS(=O)(=O)N1CCCCC1C(=O)Nc1ccc(N2CCCC2=O)cc1. The maximum atomic E-state index is 12.5. The van der Waals surface area contributed by atoms with Crippen LogP contribution in [0.3, 0.4) is 0 Å². The highest BCUT2D eigenvalue weighted by atomic mass is 32.2. The second-order valence-electron chi connectivity index (χ2n) is 6.57. The summed E-state index contributed by atoms with van der Waals surface area (Å²) in [4.78, 5) is 26.0. The number of rotatable bonds is 4. The summed E-state index contributed by atoms with van der Waals surface area (Å²) in [7, 11) is -3.41. The zero-order chi connectivity index (χ0) is 18.0. The Labute approximate surface area is 148 Å². The number of nitrogens with zero attached hydrogens (tertiary/aromatic N) is 2. The molecule has 2 saturated heterocycles. The molecule has 7 nitrogen and oxygen atoms in total. The lowest BCUT2D eigenvalue weighted by Gasteiger charge is -2.32. The van der Waals surface area contributed by atoms with E-state index in [2.05, 4.69) is 5.32 Å². The number of anilines is 2. The van der Waals surface area contributed by atoms with Crippen LogP contribution < -0.4 is 10.2 Å². The van der Waals surface area contributed by atoms with Gasteiger partial charge in [0.25, 0.3) is 0 Å². The molecule has 25 heavy (non-hydrogen) atoms. The Balaban J connectivity index is 1.69. The molecule has 2 aliphatic heterocycles. The van der Waals surface area contributed by atoms with Gasteiger partial charge in [0.1, 0.15) is 6.04 Å². The average molecular weight is 365 g/mol. The second kappa shape index (κ2) is 7.13. The number of sulfonamides is 1. The molecule has 0 spiro atoms. The van der Waals surface area contributed by atoms with Crippen molar-refractivity contribution in [1.82, 2.24) is 4.31 Å². The summed E-state index contributed by atoms with van der Waals surface area (Å²) >= 11 is 0. The Kier molecular flexibility index (Phi) is 5.10. The zero-order valence-electron chi connectivity index (χ0n) is 14.3. The molecule has 2 heterocycles. The molecule has 1 aromatic carbocycles. The number of carbonyl (C=O) groups is 2. The third kappa shape index (κ3) is 4.01. The minimum absolute atomic E-state index is 0.114. The summed E-state index contributed by atoms with van der Waals surface area (Å²) in [5.74, 6) is -0.196. The maximum absolute atomic E-state index is 12.5. The first-order chi connectivity index (χ1) is 11.9. The number of amides is 2. The summed E-state index contributed by atoms with van der Waals surface area (Å²) in [6.07, 6.45) is 4.71. The standard InChI is InChI=1S/C17H23N3O4S/c1-25(23,24)20-12-3-2-5-15(20)17(22)18-13-7-9-14(10-8-13)19-11-4-6-16(19)21/h7-10,15H,2-6,11-12H2,1H3,(H,18,22). The Bertz CT molecular complexity index is 761. The molecule has 0 radical (unpaired) electrons. The number of hydrogen-bond acceptors (Lipinski definition) is 4. The normalized spacial score (nSPS) is 22.2. The zero-order valence-corrected chi connectivity index (χ0v) is 15.1. The number of hydrogen-bond donors (Lipinski definition) is 1. The second-order valence-corrected chi connectivity index (χ2v) is 8.51. The smallest absolute Gasteiger partial charge is 0.242 e. The molecule has 1 atom stereocenters. The van der Waals surface area contributed by atoms with Gasteiger partial charge < -0.3 is 10.2 Å². The van der Waals surface area contributed by atoms with Crippen molar-refractivity contribution in [2.75, 3.05) is 29.6 Å². The van der Waals surface area contributed by atoms with Crippen LogP contribution in [-0.2, 0) is 19.6 Å². The molecule has 1 aromatic rings. The van der Waals surface area contributed by atoms with Gasteiger partial charge in [-0.2, -0.15) is 4.31 Å². The third-order valence-electron chi connectivity index (χ3n) is 4.70. The van der Waals surface area contributed by atoms with Crippen molar-refractivity contribution in [1.29, 1.82) is 0 Å². The largest absolute Gasteiger partial charge is 0.325 e. The lowest BCUT2D eigenvalue weighted by molar-refractivity contribution is -0.120. The van der Waals surface area contributed by atoms with Gasteiger partial charge in [0, 0.05) is 30.9 Å². The fourth-order valence-corrected chi connectivity index (χ4v) is 4.56. The molecular formula is C17H23N3O4S. The molecule has 0 saturated carbocycles. The number of benzene rings is 1. The Morgan fingerprint density at radius 3 is 2.44 bits per heavy atom. The van der Waals surface area contributed by atoms with Crippen molar-refractivity contribution in [2.24, 2.45) is 0 Å². The molecule has 0 bridgehead atoms. The van der Waals surface area contributed by atoms with Crippen LogP contribution in [0.25, 0.3) is 0 Å². The van der Waals surface area contributed by atoms with E-state index >= 15 is 0 Å². The van der Waals surface area contributed by atoms with Gasteiger partial charge in [0.2, 0.25) is 21.8 Å². The van der Waals surface area contributed by atoms with Crippen molar-refractivity contribution < 1.29 is 18.0 Å². The fraction of sp³-hybridized carbons (Fsp3) is 0.529. The summed E-state index contributed by atoms with van der Waals surface area (Å²) in [5, 5.41) is 2.79. The van der Waals surface area contributed by atoms with Crippen LogP contribution in [-0.4, -0.2) is 49.9 Å². The van der Waals surface area contributed by atoms with E-state index in [0.717, 1.165) is 37.8 Å². The van der Waals surface area contributed by atoms with Crippen molar-refractivity contribution in [3.8, 4) is 0 Å². The fourth-order valence-electron chi connectivity index (χ4n) is 3.44. The van der Waals surface area contributed by atoms with Crippen LogP contribution in [0.5, 0.6) is 0 Å². The van der Waals surface area contributed by atoms with E-state index in [1.807, 2.05) is 0 Å². The van der Waals surface area contributed by atoms with Gasteiger partial charge in [-0.1, -0.05) is 6.42 Å². The number of carbonyl (C=O) groups excluding carboxylic acids is 2. The van der Waals surface area contributed by atoms with Gasteiger partial charge in [-0.3, -0.25) is 9.59 Å². The molecule has 3 rings (SSSR count). The van der Waals surface area contributed by atoms with Crippen LogP contribution in [0.1, 0.15) is 32.1 Å². The Morgan fingerprint density at radius 2 is 1.84 bits per heavy atom. The molecule has 8 heteroatoms. The summed E-state index contributed by atoms with van der Waals surface area (Å²) in [5.41, 5.74) is 1.41. The topological polar surface area (TPSA) is 86.8 Å². The van der Waals surface area contributed by atoms with E-state index in [4.69, 9.17) is 0 Å². The van der Waals surface area contributed by atoms with Gasteiger partial charge in [0.05, 0.1) is 6.26 Å². The molecule has 2 aliphatic rings. The first kappa shape index (κ1) is 17.9. The summed E-state index contributed by atoms with van der Waals surface area (Å²) in [6.45, 7) is 1.10. The van der Waals surface area contributed by atoms with Crippen LogP contribution in [0.4, 0.5) is 11.4 Å². The van der Waals surface area contributed by atoms with Crippen LogP contribution >= 0.6 is 0 Å². The van der Waals surface area contributed by atoms with E-state index in [0.29, 0.717) is 25.1 Å². The molecule has 136 valence electrons. The van der Waals surface area contributed by atoms with Gasteiger partial charge in [0.15, 0.2) is 0 Å². The number of piperidine rings is 1. The van der Waals surface area contributed by atoms with Crippen LogP contribution in [0.15, 0.2) is 24.3 Å². The first-order valence-corrected chi connectivity index (χ1v) is 10.4. The molecule has 1 unspecified atom stereocenters. The van der Waals surface area contributed by atoms with E-state index in [1.165, 1.54) is 4.31 Å². The van der Waals surface area contributed by atoms with Crippen molar-refractivity contribution in [3.05, 3.63) is 24.3 Å². The summed E-state index contributed by atoms with van der Waals surface area (Å²) in [6, 6.07) is 6.42. The van der Waals surface area contributed by atoms with E-state index in [-0.39, 0.29) is 11.8 Å². The minimum Gasteiger partial charge on any atom is -0.325 e. The molecule has 1 N–H and O–H groups in total. The maximum Gasteiger partial charge on any atom is 0.242 e. The number of nitrogens with one attached hydrogen (secondary N) is 1.